The Balaban J connectivity index is 1.57. The van der Waals surface area contributed by atoms with Crippen molar-refractivity contribution in [1.29, 1.82) is 0 Å². The zero-order valence-corrected chi connectivity index (χ0v) is 14.7. The highest BCUT2D eigenvalue weighted by Crippen LogP contribution is 2.34. The van der Waals surface area contributed by atoms with Crippen molar-refractivity contribution in [3.8, 4) is 0 Å². The summed E-state index contributed by atoms with van der Waals surface area (Å²) < 4.78 is 5.92. The number of fused-ring (bicyclic) bond motifs is 1. The lowest BCUT2D eigenvalue weighted by molar-refractivity contribution is 0.323. The first-order chi connectivity index (χ1) is 12.3. The summed E-state index contributed by atoms with van der Waals surface area (Å²) in [5.74, 6) is 0.762. The molecule has 4 heteroatoms. The van der Waals surface area contributed by atoms with Crippen LogP contribution in [0.4, 0.5) is 6.01 Å². The molecule has 0 aliphatic heterocycles. The summed E-state index contributed by atoms with van der Waals surface area (Å²) >= 11 is 0. The Kier molecular flexibility index (Phi) is 4.68. The standard InChI is InChI=1S/C21H25N3O/c1-15-9-10-20-19(12-15)24-21(25-20)23-18(17-8-5-11-22-14-17)13-16-6-3-2-4-7-16/h5,8-12,14,16,18H,2-4,6-7,13H2,1H3,(H,23,24). The van der Waals surface area contributed by atoms with Gasteiger partial charge in [-0.1, -0.05) is 44.2 Å². The highest BCUT2D eigenvalue weighted by Gasteiger charge is 2.22. The number of pyridine rings is 1. The first kappa shape index (κ1) is 16.1. The zero-order valence-electron chi connectivity index (χ0n) is 14.7. The number of nitrogens with one attached hydrogen (secondary N) is 1. The van der Waals surface area contributed by atoms with E-state index < -0.39 is 0 Å². The van der Waals surface area contributed by atoms with Gasteiger partial charge in [0.05, 0.1) is 6.04 Å². The van der Waals surface area contributed by atoms with E-state index in [-0.39, 0.29) is 6.04 Å². The summed E-state index contributed by atoms with van der Waals surface area (Å²) in [7, 11) is 0. The second-order valence-corrected chi connectivity index (χ2v) is 7.21. The Bertz CT molecular complexity index is 822. The number of hydrogen-bond donors (Lipinski definition) is 1. The smallest absolute Gasteiger partial charge is 0.296 e. The van der Waals surface area contributed by atoms with E-state index in [1.807, 2.05) is 24.5 Å². The Morgan fingerprint density at radius 2 is 2.08 bits per heavy atom. The molecule has 2 heterocycles. The quantitative estimate of drug-likeness (QED) is 0.654. The minimum atomic E-state index is 0.186. The summed E-state index contributed by atoms with van der Waals surface area (Å²) in [5, 5.41) is 3.53. The van der Waals surface area contributed by atoms with E-state index in [2.05, 4.69) is 40.4 Å². The van der Waals surface area contributed by atoms with Crippen molar-refractivity contribution in [3.05, 3.63) is 53.9 Å². The van der Waals surface area contributed by atoms with Gasteiger partial charge in [0.1, 0.15) is 5.52 Å². The molecule has 0 spiro atoms. The molecule has 1 aromatic carbocycles. The highest BCUT2D eigenvalue weighted by molar-refractivity contribution is 5.75. The van der Waals surface area contributed by atoms with Crippen LogP contribution >= 0.6 is 0 Å². The van der Waals surface area contributed by atoms with Crippen LogP contribution in [0, 0.1) is 12.8 Å². The maximum absolute atomic E-state index is 5.92. The van der Waals surface area contributed by atoms with E-state index in [0.29, 0.717) is 6.01 Å². The second kappa shape index (κ2) is 7.26. The molecule has 0 radical (unpaired) electrons. The van der Waals surface area contributed by atoms with Crippen molar-refractivity contribution in [2.75, 3.05) is 5.32 Å². The van der Waals surface area contributed by atoms with Gasteiger partial charge < -0.3 is 9.73 Å². The van der Waals surface area contributed by atoms with E-state index in [9.17, 15) is 0 Å². The summed E-state index contributed by atoms with van der Waals surface area (Å²) in [6.07, 6.45) is 11.6. The van der Waals surface area contributed by atoms with Gasteiger partial charge in [0.2, 0.25) is 0 Å². The fraction of sp³-hybridized carbons (Fsp3) is 0.429. The Hall–Kier alpha value is -2.36. The molecule has 0 bridgehead atoms. The number of rotatable bonds is 5. The van der Waals surface area contributed by atoms with Gasteiger partial charge in [-0.2, -0.15) is 4.98 Å². The van der Waals surface area contributed by atoms with Crippen LogP contribution in [0.25, 0.3) is 11.1 Å². The van der Waals surface area contributed by atoms with Crippen molar-refractivity contribution < 1.29 is 4.42 Å². The molecule has 1 fully saturated rings. The summed E-state index contributed by atoms with van der Waals surface area (Å²) in [6.45, 7) is 2.07. The predicted molar refractivity (Wildman–Crippen MR) is 101 cm³/mol. The van der Waals surface area contributed by atoms with Gasteiger partial charge in [0, 0.05) is 12.4 Å². The maximum Gasteiger partial charge on any atom is 0.296 e. The second-order valence-electron chi connectivity index (χ2n) is 7.21. The minimum Gasteiger partial charge on any atom is -0.424 e. The van der Waals surface area contributed by atoms with Crippen LogP contribution in [0.3, 0.4) is 0 Å². The number of anilines is 1. The third-order valence-electron chi connectivity index (χ3n) is 5.22. The number of hydrogen-bond acceptors (Lipinski definition) is 4. The molecular formula is C21H25N3O. The van der Waals surface area contributed by atoms with Gasteiger partial charge in [-0.05, 0) is 48.6 Å². The molecule has 1 N–H and O–H groups in total. The van der Waals surface area contributed by atoms with Gasteiger partial charge in [-0.25, -0.2) is 0 Å². The molecule has 1 atom stereocenters. The largest absolute Gasteiger partial charge is 0.424 e. The lowest BCUT2D eigenvalue weighted by Gasteiger charge is -2.26. The fourth-order valence-corrected chi connectivity index (χ4v) is 3.86. The molecule has 25 heavy (non-hydrogen) atoms. The number of nitrogens with zero attached hydrogens (tertiary/aromatic N) is 2. The van der Waals surface area contributed by atoms with E-state index >= 15 is 0 Å². The van der Waals surface area contributed by atoms with Gasteiger partial charge in [-0.15, -0.1) is 0 Å². The molecule has 0 amide bonds. The van der Waals surface area contributed by atoms with Crippen molar-refractivity contribution in [1.82, 2.24) is 9.97 Å². The van der Waals surface area contributed by atoms with Gasteiger partial charge in [0.25, 0.3) is 6.01 Å². The Labute approximate surface area is 148 Å². The van der Waals surface area contributed by atoms with Crippen LogP contribution in [-0.2, 0) is 0 Å². The van der Waals surface area contributed by atoms with Crippen molar-refractivity contribution in [2.45, 2.75) is 51.5 Å². The van der Waals surface area contributed by atoms with Gasteiger partial charge in [-0.3, -0.25) is 4.98 Å². The molecule has 0 saturated heterocycles. The molecule has 2 aromatic heterocycles. The van der Waals surface area contributed by atoms with Gasteiger partial charge >= 0.3 is 0 Å². The number of aryl methyl sites for hydroxylation is 1. The van der Waals surface area contributed by atoms with Gasteiger partial charge in [0.15, 0.2) is 5.58 Å². The summed E-state index contributed by atoms with van der Waals surface area (Å²) in [6, 6.07) is 11.0. The first-order valence-corrected chi connectivity index (χ1v) is 9.31. The number of oxazole rings is 1. The first-order valence-electron chi connectivity index (χ1n) is 9.31. The van der Waals surface area contributed by atoms with Crippen LogP contribution in [0.1, 0.15) is 55.7 Å². The van der Waals surface area contributed by atoms with Crippen molar-refractivity contribution in [2.24, 2.45) is 5.92 Å². The molecule has 1 unspecified atom stereocenters. The monoisotopic (exact) mass is 335 g/mol. The minimum absolute atomic E-state index is 0.186. The van der Waals surface area contributed by atoms with Crippen LogP contribution in [0.2, 0.25) is 0 Å². The number of aromatic nitrogens is 2. The van der Waals surface area contributed by atoms with Crippen LogP contribution in [0.15, 0.2) is 47.1 Å². The average Bonchev–Trinajstić information content (AvgIpc) is 3.04. The Morgan fingerprint density at radius 3 is 2.88 bits per heavy atom. The third kappa shape index (κ3) is 3.84. The van der Waals surface area contributed by atoms with Crippen molar-refractivity contribution >= 4 is 17.1 Å². The van der Waals surface area contributed by atoms with E-state index in [0.717, 1.165) is 23.4 Å². The molecule has 3 aromatic rings. The van der Waals surface area contributed by atoms with Crippen molar-refractivity contribution in [3.63, 3.8) is 0 Å². The third-order valence-corrected chi connectivity index (χ3v) is 5.22. The molecule has 4 rings (SSSR count). The summed E-state index contributed by atoms with van der Waals surface area (Å²) in [4.78, 5) is 8.94. The van der Waals surface area contributed by atoms with Crippen LogP contribution in [0.5, 0.6) is 0 Å². The van der Waals surface area contributed by atoms with Crippen LogP contribution < -0.4 is 5.32 Å². The fourth-order valence-electron chi connectivity index (χ4n) is 3.86. The lowest BCUT2D eigenvalue weighted by atomic mass is 9.83. The summed E-state index contributed by atoms with van der Waals surface area (Å²) in [5.41, 5.74) is 4.13. The van der Waals surface area contributed by atoms with E-state index in [1.54, 1.807) is 0 Å². The SMILES string of the molecule is Cc1ccc2oc(NC(CC3CCCCC3)c3cccnc3)nc2c1. The zero-order chi connectivity index (χ0) is 17.1. The van der Waals surface area contributed by atoms with E-state index in [4.69, 9.17) is 4.42 Å². The highest BCUT2D eigenvalue weighted by atomic mass is 16.4. The normalized spacial score (nSPS) is 16.8. The van der Waals surface area contributed by atoms with E-state index in [1.165, 1.54) is 43.2 Å². The molecule has 1 aliphatic rings. The molecular weight excluding hydrogens is 310 g/mol. The molecule has 1 saturated carbocycles. The predicted octanol–water partition coefficient (Wildman–Crippen LogP) is 5.65. The average molecular weight is 335 g/mol. The topological polar surface area (TPSA) is 51.0 Å². The molecule has 130 valence electrons. The maximum atomic E-state index is 5.92. The number of benzene rings is 1. The molecule has 1 aliphatic carbocycles. The lowest BCUT2D eigenvalue weighted by Crippen LogP contribution is -2.17. The Morgan fingerprint density at radius 1 is 1.20 bits per heavy atom. The molecule has 4 nitrogen and oxygen atoms in total. The van der Waals surface area contributed by atoms with Crippen LogP contribution in [-0.4, -0.2) is 9.97 Å².